The second-order valence-electron chi connectivity index (χ2n) is 1.29. The molecule has 0 aliphatic rings. The minimum atomic E-state index is -2.46. The van der Waals surface area contributed by atoms with Crippen molar-refractivity contribution < 1.29 is 8.78 Å². The first-order valence-corrected chi connectivity index (χ1v) is 3.06. The molecule has 0 aliphatic heterocycles. The Morgan fingerprint density at radius 1 is 1.40 bits per heavy atom. The van der Waals surface area contributed by atoms with Gasteiger partial charge in [-0.25, -0.2) is 4.98 Å². The molecule has 0 fully saturated rings. The van der Waals surface area contributed by atoms with Crippen LogP contribution in [0.15, 0.2) is 18.7 Å². The van der Waals surface area contributed by atoms with Crippen LogP contribution in [0.1, 0.15) is 20.4 Å². The van der Waals surface area contributed by atoms with Crippen LogP contribution >= 0.6 is 0 Å². The summed E-state index contributed by atoms with van der Waals surface area (Å²) in [7, 11) is 0. The first kappa shape index (κ1) is 9.07. The fourth-order valence-electron chi connectivity index (χ4n) is 0.385. The smallest absolute Gasteiger partial charge is 0.280 e. The SMILES string of the molecule is CC.FC(F)n1ccnc1. The van der Waals surface area contributed by atoms with Crippen molar-refractivity contribution in [3.8, 4) is 0 Å². The normalized spacial score (nSPS) is 8.90. The Kier molecular flexibility index (Phi) is 4.45. The molecule has 0 spiro atoms. The van der Waals surface area contributed by atoms with Crippen LogP contribution in [0.4, 0.5) is 8.78 Å². The molecule has 58 valence electrons. The molecule has 0 unspecified atom stereocenters. The zero-order valence-electron chi connectivity index (χ0n) is 5.96. The Bertz CT molecular complexity index is 149. The van der Waals surface area contributed by atoms with Gasteiger partial charge in [0.05, 0.1) is 6.33 Å². The van der Waals surface area contributed by atoms with Crippen molar-refractivity contribution in [1.82, 2.24) is 9.55 Å². The molecule has 0 radical (unpaired) electrons. The standard InChI is InChI=1S/C4H4F2N2.C2H6/c5-4(6)8-2-1-7-3-8;1-2/h1-4H;1-2H3. The molecular formula is C6H10F2N2. The van der Waals surface area contributed by atoms with E-state index in [1.54, 1.807) is 0 Å². The summed E-state index contributed by atoms with van der Waals surface area (Å²) in [5.41, 5.74) is 0. The highest BCUT2D eigenvalue weighted by atomic mass is 19.3. The van der Waals surface area contributed by atoms with Crippen molar-refractivity contribution in [2.24, 2.45) is 0 Å². The van der Waals surface area contributed by atoms with Crippen LogP contribution in [0.3, 0.4) is 0 Å². The van der Waals surface area contributed by atoms with Gasteiger partial charge in [0.2, 0.25) is 0 Å². The van der Waals surface area contributed by atoms with Crippen LogP contribution in [0.2, 0.25) is 0 Å². The second-order valence-corrected chi connectivity index (χ2v) is 1.29. The molecule has 1 rings (SSSR count). The minimum Gasteiger partial charge on any atom is -0.280 e. The molecule has 1 aromatic rings. The number of hydrogen-bond donors (Lipinski definition) is 0. The summed E-state index contributed by atoms with van der Waals surface area (Å²) in [6.45, 7) is 1.54. The summed E-state index contributed by atoms with van der Waals surface area (Å²) in [5, 5.41) is 0. The molecule has 0 bridgehead atoms. The van der Waals surface area contributed by atoms with E-state index in [2.05, 4.69) is 4.98 Å². The summed E-state index contributed by atoms with van der Waals surface area (Å²) in [4.78, 5) is 3.43. The van der Waals surface area contributed by atoms with Gasteiger partial charge < -0.3 is 0 Å². The van der Waals surface area contributed by atoms with E-state index in [9.17, 15) is 8.78 Å². The van der Waals surface area contributed by atoms with Gasteiger partial charge in [-0.2, -0.15) is 8.78 Å². The molecule has 1 heterocycles. The van der Waals surface area contributed by atoms with Gasteiger partial charge in [-0.05, 0) is 0 Å². The van der Waals surface area contributed by atoms with Crippen LogP contribution in [0.25, 0.3) is 0 Å². The number of halogens is 2. The first-order chi connectivity index (χ1) is 4.80. The third-order valence-corrected chi connectivity index (χ3v) is 0.750. The van der Waals surface area contributed by atoms with E-state index in [4.69, 9.17) is 0 Å². The van der Waals surface area contributed by atoms with Gasteiger partial charge in [0, 0.05) is 12.4 Å². The van der Waals surface area contributed by atoms with Gasteiger partial charge in [-0.3, -0.25) is 4.57 Å². The molecule has 4 heteroatoms. The van der Waals surface area contributed by atoms with Crippen molar-refractivity contribution in [1.29, 1.82) is 0 Å². The molecule has 1 aromatic heterocycles. The maximum atomic E-state index is 11.5. The maximum Gasteiger partial charge on any atom is 0.319 e. The van der Waals surface area contributed by atoms with Crippen molar-refractivity contribution in [3.63, 3.8) is 0 Å². The van der Waals surface area contributed by atoms with Gasteiger partial charge in [0.1, 0.15) is 0 Å². The second kappa shape index (κ2) is 4.90. The maximum absolute atomic E-state index is 11.5. The summed E-state index contributed by atoms with van der Waals surface area (Å²) in [5.74, 6) is 0. The number of aromatic nitrogens is 2. The van der Waals surface area contributed by atoms with Crippen LogP contribution in [0.5, 0.6) is 0 Å². The van der Waals surface area contributed by atoms with Gasteiger partial charge in [-0.1, -0.05) is 13.8 Å². The minimum absolute atomic E-state index is 0.722. The third-order valence-electron chi connectivity index (χ3n) is 0.750. The highest BCUT2D eigenvalue weighted by molar-refractivity contribution is 4.73. The van der Waals surface area contributed by atoms with Gasteiger partial charge in [0.15, 0.2) is 0 Å². The molecule has 0 atom stereocenters. The third kappa shape index (κ3) is 2.57. The predicted molar refractivity (Wildman–Crippen MR) is 34.8 cm³/mol. The lowest BCUT2D eigenvalue weighted by Gasteiger charge is -1.94. The topological polar surface area (TPSA) is 17.8 Å². The van der Waals surface area contributed by atoms with Crippen LogP contribution in [0, 0.1) is 0 Å². The molecular weight excluding hydrogens is 138 g/mol. The summed E-state index contributed by atoms with van der Waals surface area (Å²) in [6, 6.07) is 0. The summed E-state index contributed by atoms with van der Waals surface area (Å²) < 4.78 is 23.8. The van der Waals surface area contributed by atoms with Crippen molar-refractivity contribution in [3.05, 3.63) is 18.7 Å². The fraction of sp³-hybridized carbons (Fsp3) is 0.500. The average molecular weight is 148 g/mol. The Morgan fingerprint density at radius 3 is 2.20 bits per heavy atom. The van der Waals surface area contributed by atoms with E-state index in [0.29, 0.717) is 0 Å². The lowest BCUT2D eigenvalue weighted by atomic mass is 10.9. The monoisotopic (exact) mass is 148 g/mol. The lowest BCUT2D eigenvalue weighted by molar-refractivity contribution is 0.0701. The number of rotatable bonds is 1. The molecule has 0 N–H and O–H groups in total. The number of nitrogens with zero attached hydrogens (tertiary/aromatic N) is 2. The lowest BCUT2D eigenvalue weighted by Crippen LogP contribution is -1.91. The molecule has 0 amide bonds. The quantitative estimate of drug-likeness (QED) is 0.597. The average Bonchev–Trinajstić information content (AvgIpc) is 2.42. The largest absolute Gasteiger partial charge is 0.319 e. The van der Waals surface area contributed by atoms with Gasteiger partial charge in [-0.15, -0.1) is 0 Å². The van der Waals surface area contributed by atoms with Crippen LogP contribution in [-0.4, -0.2) is 9.55 Å². The van der Waals surface area contributed by atoms with Crippen molar-refractivity contribution >= 4 is 0 Å². The summed E-state index contributed by atoms with van der Waals surface area (Å²) in [6.07, 6.45) is 3.60. The fourth-order valence-corrected chi connectivity index (χ4v) is 0.385. The molecule has 0 aromatic carbocycles. The first-order valence-electron chi connectivity index (χ1n) is 3.06. The Labute approximate surface area is 58.5 Å². The highest BCUT2D eigenvalue weighted by Crippen LogP contribution is 2.06. The van der Waals surface area contributed by atoms with Crippen LogP contribution in [-0.2, 0) is 0 Å². The molecule has 0 saturated heterocycles. The molecule has 0 saturated carbocycles. The number of imidazole rings is 1. The Balaban J connectivity index is 0.000000371. The van der Waals surface area contributed by atoms with E-state index >= 15 is 0 Å². The predicted octanol–water partition coefficient (Wildman–Crippen LogP) is 2.30. The zero-order chi connectivity index (χ0) is 7.98. The zero-order valence-corrected chi connectivity index (χ0v) is 5.96. The number of hydrogen-bond acceptors (Lipinski definition) is 1. The van der Waals surface area contributed by atoms with Crippen molar-refractivity contribution in [2.75, 3.05) is 0 Å². The molecule has 10 heavy (non-hydrogen) atoms. The van der Waals surface area contributed by atoms with Gasteiger partial charge in [0.25, 0.3) is 0 Å². The Morgan fingerprint density at radius 2 is 2.00 bits per heavy atom. The van der Waals surface area contributed by atoms with E-state index in [-0.39, 0.29) is 0 Å². The Hall–Kier alpha value is -0.930. The summed E-state index contributed by atoms with van der Waals surface area (Å²) >= 11 is 0. The highest BCUT2D eigenvalue weighted by Gasteiger charge is 2.00. The van der Waals surface area contributed by atoms with Crippen LogP contribution < -0.4 is 0 Å². The van der Waals surface area contributed by atoms with E-state index in [1.807, 2.05) is 13.8 Å². The van der Waals surface area contributed by atoms with E-state index in [1.165, 1.54) is 12.4 Å². The molecule has 2 nitrogen and oxygen atoms in total. The molecule has 0 aliphatic carbocycles. The van der Waals surface area contributed by atoms with Gasteiger partial charge >= 0.3 is 6.55 Å². The van der Waals surface area contributed by atoms with E-state index < -0.39 is 6.55 Å². The van der Waals surface area contributed by atoms with E-state index in [0.717, 1.165) is 10.9 Å². The van der Waals surface area contributed by atoms with Crippen molar-refractivity contribution in [2.45, 2.75) is 20.4 Å². The number of alkyl halides is 2.